The first-order valence-corrected chi connectivity index (χ1v) is 9.59. The van der Waals surface area contributed by atoms with Crippen LogP contribution in [0.3, 0.4) is 0 Å². The highest BCUT2D eigenvalue weighted by atomic mass is 35.5. The summed E-state index contributed by atoms with van der Waals surface area (Å²) in [6, 6.07) is 12.5. The highest BCUT2D eigenvalue weighted by Crippen LogP contribution is 2.23. The minimum absolute atomic E-state index is 0.0169. The quantitative estimate of drug-likeness (QED) is 0.611. The smallest absolute Gasteiger partial charge is 0.257 e. The molecule has 1 atom stereocenters. The number of pyridine rings is 1. The van der Waals surface area contributed by atoms with Crippen LogP contribution in [0.5, 0.6) is 5.75 Å². The van der Waals surface area contributed by atoms with Gasteiger partial charge in [-0.25, -0.2) is 0 Å². The number of morpholine rings is 1. The van der Waals surface area contributed by atoms with Crippen molar-refractivity contribution >= 4 is 17.5 Å². The summed E-state index contributed by atoms with van der Waals surface area (Å²) < 4.78 is 16.7. The molecule has 3 aromatic rings. The Kier molecular flexibility index (Phi) is 6.02. The maximum Gasteiger partial charge on any atom is 0.257 e. The molecule has 3 heterocycles. The van der Waals surface area contributed by atoms with Crippen LogP contribution in [-0.2, 0) is 9.53 Å². The van der Waals surface area contributed by atoms with Crippen LogP contribution < -0.4 is 4.74 Å². The number of amides is 1. The van der Waals surface area contributed by atoms with Gasteiger partial charge in [0.25, 0.3) is 5.89 Å². The van der Waals surface area contributed by atoms with Crippen molar-refractivity contribution < 1.29 is 18.8 Å². The van der Waals surface area contributed by atoms with E-state index in [1.807, 2.05) is 12.1 Å². The molecule has 0 saturated carbocycles. The normalized spacial score (nSPS) is 16.6. The molecule has 1 fully saturated rings. The van der Waals surface area contributed by atoms with Gasteiger partial charge >= 0.3 is 0 Å². The van der Waals surface area contributed by atoms with Crippen LogP contribution in [-0.4, -0.2) is 52.2 Å². The largest absolute Gasteiger partial charge is 0.493 e. The molecule has 1 aromatic carbocycles. The minimum Gasteiger partial charge on any atom is -0.493 e. The summed E-state index contributed by atoms with van der Waals surface area (Å²) in [5.41, 5.74) is 0.616. The predicted molar refractivity (Wildman–Crippen MR) is 104 cm³/mol. The summed E-state index contributed by atoms with van der Waals surface area (Å²) in [6.07, 6.45) is 1.46. The van der Waals surface area contributed by atoms with Crippen LogP contribution in [0.25, 0.3) is 11.5 Å². The summed E-state index contributed by atoms with van der Waals surface area (Å²) in [6.45, 7) is 1.55. The van der Waals surface area contributed by atoms with Crippen LogP contribution in [0.4, 0.5) is 0 Å². The zero-order chi connectivity index (χ0) is 20.1. The number of carbonyl (C=O) groups is 1. The van der Waals surface area contributed by atoms with Crippen molar-refractivity contribution in [2.75, 3.05) is 26.3 Å². The van der Waals surface area contributed by atoms with Crippen LogP contribution in [0.1, 0.15) is 18.4 Å². The third-order valence-corrected chi connectivity index (χ3v) is 4.68. The van der Waals surface area contributed by atoms with Gasteiger partial charge in [0.05, 0.1) is 26.2 Å². The summed E-state index contributed by atoms with van der Waals surface area (Å²) in [4.78, 5) is 22.8. The van der Waals surface area contributed by atoms with Crippen LogP contribution in [0.15, 0.2) is 53.2 Å². The van der Waals surface area contributed by atoms with E-state index in [0.29, 0.717) is 47.9 Å². The van der Waals surface area contributed by atoms with Gasteiger partial charge in [0.2, 0.25) is 11.7 Å². The molecule has 0 radical (unpaired) electrons. The molecule has 150 valence electrons. The number of nitrogens with zero attached hydrogens (tertiary/aromatic N) is 4. The van der Waals surface area contributed by atoms with Crippen molar-refractivity contribution in [1.82, 2.24) is 20.0 Å². The fraction of sp³-hybridized carbons (Fsp3) is 0.300. The fourth-order valence-corrected chi connectivity index (χ4v) is 3.06. The number of benzene rings is 1. The predicted octanol–water partition coefficient (Wildman–Crippen LogP) is 3.15. The van der Waals surface area contributed by atoms with Crippen molar-refractivity contribution in [3.8, 4) is 17.3 Å². The van der Waals surface area contributed by atoms with E-state index in [0.717, 1.165) is 0 Å². The lowest BCUT2D eigenvalue weighted by molar-refractivity contribution is -0.140. The highest BCUT2D eigenvalue weighted by Gasteiger charge is 2.29. The van der Waals surface area contributed by atoms with E-state index >= 15 is 0 Å². The van der Waals surface area contributed by atoms with E-state index in [1.54, 1.807) is 41.4 Å². The molecule has 1 saturated heterocycles. The number of aromatic nitrogens is 3. The molecule has 9 heteroatoms. The summed E-state index contributed by atoms with van der Waals surface area (Å²) in [5, 5.41) is 4.60. The van der Waals surface area contributed by atoms with Gasteiger partial charge in [0.1, 0.15) is 11.4 Å². The lowest BCUT2D eigenvalue weighted by Gasteiger charge is -2.31. The van der Waals surface area contributed by atoms with Gasteiger partial charge in [0, 0.05) is 17.8 Å². The molecule has 1 amide bonds. The van der Waals surface area contributed by atoms with Crippen LogP contribution >= 0.6 is 11.6 Å². The van der Waals surface area contributed by atoms with Gasteiger partial charge in [-0.3, -0.25) is 9.78 Å². The maximum atomic E-state index is 12.5. The lowest BCUT2D eigenvalue weighted by Crippen LogP contribution is -2.42. The molecule has 0 bridgehead atoms. The highest BCUT2D eigenvalue weighted by molar-refractivity contribution is 6.30. The number of rotatable bonds is 6. The van der Waals surface area contributed by atoms with Crippen LogP contribution in [0.2, 0.25) is 5.02 Å². The van der Waals surface area contributed by atoms with Crippen molar-refractivity contribution in [3.05, 3.63) is 59.6 Å². The summed E-state index contributed by atoms with van der Waals surface area (Å²) in [7, 11) is 0. The fourth-order valence-electron chi connectivity index (χ4n) is 2.94. The second-order valence-corrected chi connectivity index (χ2v) is 6.86. The van der Waals surface area contributed by atoms with E-state index in [9.17, 15) is 4.79 Å². The number of hydrogen-bond acceptors (Lipinski definition) is 7. The monoisotopic (exact) mass is 414 g/mol. The molecule has 1 unspecified atom stereocenters. The third-order valence-electron chi connectivity index (χ3n) is 4.43. The first-order chi connectivity index (χ1) is 14.2. The first-order valence-electron chi connectivity index (χ1n) is 9.22. The zero-order valence-corrected chi connectivity index (χ0v) is 16.3. The van der Waals surface area contributed by atoms with Gasteiger partial charge in [-0.05, 0) is 36.4 Å². The molecule has 8 nitrogen and oxygen atoms in total. The number of hydrogen-bond donors (Lipinski definition) is 0. The van der Waals surface area contributed by atoms with Gasteiger partial charge in [-0.1, -0.05) is 22.8 Å². The zero-order valence-electron chi connectivity index (χ0n) is 15.5. The lowest BCUT2D eigenvalue weighted by atomic mass is 10.2. The van der Waals surface area contributed by atoms with E-state index in [-0.39, 0.29) is 18.9 Å². The molecular formula is C20H19ClN4O4. The van der Waals surface area contributed by atoms with Gasteiger partial charge in [-0.15, -0.1) is 0 Å². The molecule has 0 spiro atoms. The summed E-state index contributed by atoms with van der Waals surface area (Å²) >= 11 is 5.85. The number of carbonyl (C=O) groups excluding carboxylic acids is 1. The molecule has 0 N–H and O–H groups in total. The van der Waals surface area contributed by atoms with Gasteiger partial charge in [0.15, 0.2) is 6.10 Å². The van der Waals surface area contributed by atoms with Crippen molar-refractivity contribution in [2.24, 2.45) is 0 Å². The molecule has 0 aliphatic carbocycles. The first kappa shape index (κ1) is 19.4. The van der Waals surface area contributed by atoms with E-state index in [2.05, 4.69) is 15.1 Å². The Labute approximate surface area is 172 Å². The van der Waals surface area contributed by atoms with Crippen molar-refractivity contribution in [2.45, 2.75) is 12.5 Å². The second-order valence-electron chi connectivity index (χ2n) is 6.42. The van der Waals surface area contributed by atoms with E-state index in [1.165, 1.54) is 0 Å². The van der Waals surface area contributed by atoms with Crippen molar-refractivity contribution in [1.29, 1.82) is 0 Å². The van der Waals surface area contributed by atoms with Crippen LogP contribution in [0, 0.1) is 0 Å². The Morgan fingerprint density at radius 1 is 1.24 bits per heavy atom. The number of ether oxygens (including phenoxy) is 2. The Bertz CT molecular complexity index is 949. The Balaban J connectivity index is 1.31. The topological polar surface area (TPSA) is 90.6 Å². The van der Waals surface area contributed by atoms with Gasteiger partial charge < -0.3 is 18.9 Å². The standard InChI is InChI=1S/C20H19ClN4O4/c21-14-4-6-15(7-5-14)27-11-8-18(26)25-10-12-28-17(13-25)20-23-19(24-29-20)16-3-1-2-9-22-16/h1-7,9,17H,8,10-13H2. The second kappa shape index (κ2) is 9.02. The van der Waals surface area contributed by atoms with Gasteiger partial charge in [-0.2, -0.15) is 4.98 Å². The Morgan fingerprint density at radius 3 is 2.90 bits per heavy atom. The summed E-state index contributed by atoms with van der Waals surface area (Å²) in [5.74, 6) is 1.39. The Morgan fingerprint density at radius 2 is 2.10 bits per heavy atom. The Hall–Kier alpha value is -2.97. The minimum atomic E-state index is -0.463. The SMILES string of the molecule is O=C(CCOc1ccc(Cl)cc1)N1CCOC(c2nc(-c3ccccn3)no2)C1. The third kappa shape index (κ3) is 4.90. The molecule has 2 aromatic heterocycles. The molecule has 1 aliphatic rings. The number of halogens is 1. The van der Waals surface area contributed by atoms with E-state index < -0.39 is 6.10 Å². The molecule has 1 aliphatic heterocycles. The maximum absolute atomic E-state index is 12.5. The average molecular weight is 415 g/mol. The molecular weight excluding hydrogens is 396 g/mol. The molecule has 4 rings (SSSR count). The van der Waals surface area contributed by atoms with E-state index in [4.69, 9.17) is 25.6 Å². The average Bonchev–Trinajstić information content (AvgIpc) is 3.26. The van der Waals surface area contributed by atoms with Crippen molar-refractivity contribution in [3.63, 3.8) is 0 Å². The molecule has 29 heavy (non-hydrogen) atoms.